The second-order valence-electron chi connectivity index (χ2n) is 4.71. The minimum atomic E-state index is -1.06. The first-order valence-electron chi connectivity index (χ1n) is 5.60. The van der Waals surface area contributed by atoms with Crippen molar-refractivity contribution in [3.05, 3.63) is 33.7 Å². The van der Waals surface area contributed by atoms with Crippen LogP contribution in [0.15, 0.2) is 23.6 Å². The highest BCUT2D eigenvalue weighted by molar-refractivity contribution is 9.09. The van der Waals surface area contributed by atoms with E-state index in [1.165, 1.54) is 26.4 Å². The topological polar surface area (TPSA) is 78.7 Å². The van der Waals surface area contributed by atoms with E-state index in [1.807, 2.05) is 0 Å². The van der Waals surface area contributed by atoms with E-state index in [0.717, 1.165) is 0 Å². The Morgan fingerprint density at radius 1 is 1.42 bits per heavy atom. The summed E-state index contributed by atoms with van der Waals surface area (Å²) in [6.07, 6.45) is 2.90. The first-order chi connectivity index (χ1) is 8.77. The van der Waals surface area contributed by atoms with Crippen molar-refractivity contribution >= 4 is 21.9 Å². The third kappa shape index (κ3) is 2.80. The zero-order valence-electron chi connectivity index (χ0n) is 11.2. The maximum Gasteiger partial charge on any atom is 0.312 e. The standard InChI is InChI=1S/C12H16BrNO5/c1-12(2,11(15)19-4)9-7(14(16)17)5-6-8(18-3)10(9)13/h5-6,9-10H,1-4H3. The Balaban J connectivity index is 3.29. The third-order valence-corrected chi connectivity index (χ3v) is 4.22. The second kappa shape index (κ2) is 5.73. The maximum atomic E-state index is 11.9. The molecule has 0 aliphatic heterocycles. The van der Waals surface area contributed by atoms with E-state index >= 15 is 0 Å². The maximum absolute atomic E-state index is 11.9. The summed E-state index contributed by atoms with van der Waals surface area (Å²) in [7, 11) is 2.74. The molecule has 0 amide bonds. The molecule has 1 rings (SSSR count). The molecule has 0 radical (unpaired) electrons. The highest BCUT2D eigenvalue weighted by Crippen LogP contribution is 2.44. The lowest BCUT2D eigenvalue weighted by Gasteiger charge is -2.34. The lowest BCUT2D eigenvalue weighted by Crippen LogP contribution is -2.43. The highest BCUT2D eigenvalue weighted by atomic mass is 79.9. The Labute approximate surface area is 119 Å². The fraction of sp³-hybridized carbons (Fsp3) is 0.583. The molecule has 0 aromatic carbocycles. The Kier molecular flexibility index (Phi) is 4.73. The van der Waals surface area contributed by atoms with Crippen molar-refractivity contribution in [3.8, 4) is 0 Å². The highest BCUT2D eigenvalue weighted by Gasteiger charge is 2.50. The van der Waals surface area contributed by atoms with Gasteiger partial charge in [-0.1, -0.05) is 15.9 Å². The van der Waals surface area contributed by atoms with Gasteiger partial charge in [-0.15, -0.1) is 0 Å². The number of allylic oxidation sites excluding steroid dienone is 4. The van der Waals surface area contributed by atoms with Gasteiger partial charge in [0.1, 0.15) is 5.76 Å². The zero-order chi connectivity index (χ0) is 14.8. The Morgan fingerprint density at radius 2 is 2.00 bits per heavy atom. The predicted octanol–water partition coefficient (Wildman–Crippen LogP) is 2.27. The Bertz CT molecular complexity index is 455. The van der Waals surface area contributed by atoms with Crippen molar-refractivity contribution in [2.45, 2.75) is 18.7 Å². The molecule has 1 aliphatic carbocycles. The molecule has 7 heteroatoms. The van der Waals surface area contributed by atoms with E-state index in [4.69, 9.17) is 9.47 Å². The summed E-state index contributed by atoms with van der Waals surface area (Å²) >= 11 is 3.38. The van der Waals surface area contributed by atoms with Crippen molar-refractivity contribution in [3.63, 3.8) is 0 Å². The Hall–Kier alpha value is -1.37. The molecule has 0 aromatic rings. The van der Waals surface area contributed by atoms with Gasteiger partial charge in [0.15, 0.2) is 0 Å². The summed E-state index contributed by atoms with van der Waals surface area (Å²) in [6.45, 7) is 3.24. The molecule has 1 aliphatic rings. The smallest absolute Gasteiger partial charge is 0.312 e. The molecule has 0 bridgehead atoms. The van der Waals surface area contributed by atoms with Gasteiger partial charge in [-0.3, -0.25) is 14.9 Å². The van der Waals surface area contributed by atoms with Crippen LogP contribution in [-0.2, 0) is 14.3 Å². The monoisotopic (exact) mass is 333 g/mol. The summed E-state index contributed by atoms with van der Waals surface area (Å²) in [4.78, 5) is 22.1. The summed E-state index contributed by atoms with van der Waals surface area (Å²) < 4.78 is 9.91. The van der Waals surface area contributed by atoms with Crippen molar-refractivity contribution < 1.29 is 19.2 Å². The molecule has 0 saturated heterocycles. The summed E-state index contributed by atoms with van der Waals surface area (Å²) in [5, 5.41) is 11.2. The molecule has 0 N–H and O–H groups in total. The third-order valence-electron chi connectivity index (χ3n) is 3.24. The van der Waals surface area contributed by atoms with E-state index in [9.17, 15) is 14.9 Å². The largest absolute Gasteiger partial charge is 0.500 e. The number of carbonyl (C=O) groups excluding carboxylic acids is 1. The number of rotatable bonds is 4. The quantitative estimate of drug-likeness (QED) is 0.341. The second-order valence-corrected chi connectivity index (χ2v) is 5.70. The molecule has 0 aromatic heterocycles. The number of methoxy groups -OCH3 is 2. The average molecular weight is 334 g/mol. The van der Waals surface area contributed by atoms with E-state index in [2.05, 4.69) is 15.9 Å². The molecule has 6 nitrogen and oxygen atoms in total. The number of carbonyl (C=O) groups is 1. The van der Waals surface area contributed by atoms with Gasteiger partial charge in [-0.25, -0.2) is 0 Å². The van der Waals surface area contributed by atoms with Gasteiger partial charge in [0, 0.05) is 6.08 Å². The number of alkyl halides is 1. The number of nitrogens with zero attached hydrogens (tertiary/aromatic N) is 1. The first kappa shape index (κ1) is 15.7. The molecular weight excluding hydrogens is 318 g/mol. The number of hydrogen-bond acceptors (Lipinski definition) is 5. The number of nitro groups is 1. The van der Waals surface area contributed by atoms with Crippen LogP contribution in [0.2, 0.25) is 0 Å². The fourth-order valence-corrected chi connectivity index (χ4v) is 3.43. The van der Waals surface area contributed by atoms with Gasteiger partial charge in [-0.2, -0.15) is 0 Å². The normalized spacial score (nSPS) is 23.2. The summed E-state index contributed by atoms with van der Waals surface area (Å²) in [6, 6.07) is 0. The van der Waals surface area contributed by atoms with Gasteiger partial charge < -0.3 is 9.47 Å². The SMILES string of the molecule is COC(=O)C(C)(C)C1C([N+](=O)[O-])=CC=C(OC)C1Br. The number of ether oxygens (including phenoxy) is 2. The van der Waals surface area contributed by atoms with Crippen molar-refractivity contribution in [1.82, 2.24) is 0 Å². The molecule has 0 spiro atoms. The summed E-state index contributed by atoms with van der Waals surface area (Å²) in [5.74, 6) is -0.658. The molecule has 0 saturated carbocycles. The zero-order valence-corrected chi connectivity index (χ0v) is 12.8. The molecule has 19 heavy (non-hydrogen) atoms. The van der Waals surface area contributed by atoms with Gasteiger partial charge in [0.25, 0.3) is 5.70 Å². The average Bonchev–Trinajstić information content (AvgIpc) is 2.36. The van der Waals surface area contributed by atoms with E-state index < -0.39 is 27.1 Å². The molecular formula is C12H16BrNO5. The number of halogens is 1. The summed E-state index contributed by atoms with van der Waals surface area (Å²) in [5.41, 5.74) is -1.10. The van der Waals surface area contributed by atoms with Gasteiger partial charge in [0.2, 0.25) is 0 Å². The van der Waals surface area contributed by atoms with Gasteiger partial charge >= 0.3 is 5.97 Å². The van der Waals surface area contributed by atoms with Crippen LogP contribution in [0.5, 0.6) is 0 Å². The van der Waals surface area contributed by atoms with Gasteiger partial charge in [-0.05, 0) is 19.9 Å². The van der Waals surface area contributed by atoms with Crippen LogP contribution < -0.4 is 0 Å². The minimum Gasteiger partial charge on any atom is -0.500 e. The van der Waals surface area contributed by atoms with Crippen LogP contribution in [-0.4, -0.2) is 29.9 Å². The van der Waals surface area contributed by atoms with Gasteiger partial charge in [0.05, 0.1) is 35.3 Å². The van der Waals surface area contributed by atoms with E-state index in [0.29, 0.717) is 5.76 Å². The lowest BCUT2D eigenvalue weighted by molar-refractivity contribution is -0.436. The van der Waals surface area contributed by atoms with Crippen molar-refractivity contribution in [1.29, 1.82) is 0 Å². The molecule has 2 unspecified atom stereocenters. The van der Waals surface area contributed by atoms with Crippen LogP contribution in [0.4, 0.5) is 0 Å². The van der Waals surface area contributed by atoms with Crippen LogP contribution in [0.3, 0.4) is 0 Å². The molecule has 2 atom stereocenters. The minimum absolute atomic E-state index is 0.0434. The number of esters is 1. The van der Waals surface area contributed by atoms with Crippen LogP contribution in [0.1, 0.15) is 13.8 Å². The number of hydrogen-bond donors (Lipinski definition) is 0. The fourth-order valence-electron chi connectivity index (χ4n) is 2.16. The van der Waals surface area contributed by atoms with Crippen LogP contribution in [0, 0.1) is 21.4 Å². The molecule has 0 fully saturated rings. The van der Waals surface area contributed by atoms with Crippen molar-refractivity contribution in [2.24, 2.45) is 11.3 Å². The first-order valence-corrected chi connectivity index (χ1v) is 6.51. The molecule has 0 heterocycles. The predicted molar refractivity (Wildman–Crippen MR) is 72.2 cm³/mol. The van der Waals surface area contributed by atoms with Crippen LogP contribution in [0.25, 0.3) is 0 Å². The molecule has 106 valence electrons. The van der Waals surface area contributed by atoms with Crippen LogP contribution >= 0.6 is 15.9 Å². The Morgan fingerprint density at radius 3 is 2.42 bits per heavy atom. The van der Waals surface area contributed by atoms with Crippen molar-refractivity contribution in [2.75, 3.05) is 14.2 Å². The van der Waals surface area contributed by atoms with E-state index in [1.54, 1.807) is 13.8 Å². The van der Waals surface area contributed by atoms with E-state index in [-0.39, 0.29) is 5.70 Å². The lowest BCUT2D eigenvalue weighted by atomic mass is 9.73.